The molecule has 0 aliphatic heterocycles. The van der Waals surface area contributed by atoms with Crippen LogP contribution in [0, 0.1) is 0 Å². The molecule has 0 atom stereocenters. The predicted molar refractivity (Wildman–Crippen MR) is 58.7 cm³/mol. The van der Waals surface area contributed by atoms with Crippen LogP contribution in [0.5, 0.6) is 0 Å². The number of nitrogens with two attached hydrogens (primary N) is 1. The lowest BCUT2D eigenvalue weighted by molar-refractivity contribution is 0.381. The Morgan fingerprint density at radius 2 is 2.21 bits per heavy atom. The van der Waals surface area contributed by atoms with Gasteiger partial charge in [0.25, 0.3) is 5.56 Å². The van der Waals surface area contributed by atoms with Crippen molar-refractivity contribution in [3.8, 4) is 0 Å². The second-order valence-corrected chi connectivity index (χ2v) is 3.83. The number of anilines is 1. The molecule has 0 unspecified atom stereocenters. The normalized spacial score (nSPS) is 10.9. The molecule has 0 radical (unpaired) electrons. The van der Waals surface area contributed by atoms with Gasteiger partial charge in [0.1, 0.15) is 5.02 Å². The highest BCUT2D eigenvalue weighted by Crippen LogP contribution is 2.06. The molecule has 0 aliphatic rings. The average molecular weight is 216 g/mol. The van der Waals surface area contributed by atoms with Crippen molar-refractivity contribution in [3.63, 3.8) is 0 Å². The average Bonchev–Trinajstić information content (AvgIpc) is 2.08. The monoisotopic (exact) mass is 215 g/mol. The van der Waals surface area contributed by atoms with Gasteiger partial charge in [-0.25, -0.2) is 0 Å². The van der Waals surface area contributed by atoms with E-state index in [4.69, 9.17) is 17.3 Å². The second kappa shape index (κ2) is 4.48. The molecule has 0 fully saturated rings. The summed E-state index contributed by atoms with van der Waals surface area (Å²) in [5, 5.41) is 0.170. The quantitative estimate of drug-likeness (QED) is 0.806. The molecule has 1 aromatic heterocycles. The topological polar surface area (TPSA) is 51.3 Å². The summed E-state index contributed by atoms with van der Waals surface area (Å²) in [6.07, 6.45) is 1.61. The molecule has 1 heterocycles. The Hall–Kier alpha value is -1.00. The van der Waals surface area contributed by atoms with E-state index in [9.17, 15) is 4.79 Å². The Balaban J connectivity index is 2.91. The van der Waals surface area contributed by atoms with Gasteiger partial charge < -0.3 is 15.2 Å². The number of pyridine rings is 1. The maximum absolute atomic E-state index is 11.5. The molecular formula is C9H14ClN3O. The van der Waals surface area contributed by atoms with Gasteiger partial charge in [0, 0.05) is 25.0 Å². The van der Waals surface area contributed by atoms with E-state index in [0.717, 1.165) is 6.54 Å². The van der Waals surface area contributed by atoms with E-state index in [1.807, 2.05) is 19.0 Å². The van der Waals surface area contributed by atoms with Crippen molar-refractivity contribution in [3.05, 3.63) is 27.6 Å². The van der Waals surface area contributed by atoms with Crippen molar-refractivity contribution >= 4 is 17.3 Å². The van der Waals surface area contributed by atoms with Crippen LogP contribution in [0.4, 0.5) is 5.69 Å². The SMILES string of the molecule is CN(C)CCn1cc(N)cc(Cl)c1=O. The van der Waals surface area contributed by atoms with Gasteiger partial charge >= 0.3 is 0 Å². The Labute approximate surface area is 87.9 Å². The first-order valence-electron chi connectivity index (χ1n) is 4.31. The summed E-state index contributed by atoms with van der Waals surface area (Å²) >= 11 is 5.71. The zero-order chi connectivity index (χ0) is 10.7. The summed E-state index contributed by atoms with van der Waals surface area (Å²) in [7, 11) is 3.89. The van der Waals surface area contributed by atoms with Gasteiger partial charge in [-0.15, -0.1) is 0 Å². The van der Waals surface area contributed by atoms with Crippen molar-refractivity contribution in [1.29, 1.82) is 0 Å². The lowest BCUT2D eigenvalue weighted by atomic mass is 10.4. The van der Waals surface area contributed by atoms with E-state index >= 15 is 0 Å². The lowest BCUT2D eigenvalue weighted by Crippen LogP contribution is -2.26. The van der Waals surface area contributed by atoms with Gasteiger partial charge in [-0.1, -0.05) is 11.6 Å². The Bertz CT molecular complexity index is 373. The smallest absolute Gasteiger partial charge is 0.269 e. The van der Waals surface area contributed by atoms with Gasteiger partial charge in [-0.05, 0) is 20.2 Å². The van der Waals surface area contributed by atoms with Gasteiger partial charge in [0.2, 0.25) is 0 Å². The van der Waals surface area contributed by atoms with E-state index in [2.05, 4.69) is 0 Å². The minimum atomic E-state index is -0.192. The van der Waals surface area contributed by atoms with Crippen LogP contribution in [0.1, 0.15) is 0 Å². The summed E-state index contributed by atoms with van der Waals surface area (Å²) in [5.41, 5.74) is 5.89. The van der Waals surface area contributed by atoms with Gasteiger partial charge in [0.15, 0.2) is 0 Å². The number of hydrogen-bond acceptors (Lipinski definition) is 3. The van der Waals surface area contributed by atoms with E-state index in [1.165, 1.54) is 10.6 Å². The number of rotatable bonds is 3. The number of likely N-dealkylation sites (N-methyl/N-ethyl adjacent to an activating group) is 1. The molecule has 0 aliphatic carbocycles. The van der Waals surface area contributed by atoms with Gasteiger partial charge in [-0.2, -0.15) is 0 Å². The van der Waals surface area contributed by atoms with Gasteiger partial charge in [-0.3, -0.25) is 4.79 Å². The van der Waals surface area contributed by atoms with E-state index < -0.39 is 0 Å². The van der Waals surface area contributed by atoms with Crippen LogP contribution in [0.3, 0.4) is 0 Å². The van der Waals surface area contributed by atoms with E-state index in [-0.39, 0.29) is 10.6 Å². The second-order valence-electron chi connectivity index (χ2n) is 3.42. The highest BCUT2D eigenvalue weighted by Gasteiger charge is 2.02. The molecule has 2 N–H and O–H groups in total. The molecule has 0 bridgehead atoms. The fourth-order valence-corrected chi connectivity index (χ4v) is 1.33. The molecule has 1 aromatic rings. The number of nitrogen functional groups attached to an aromatic ring is 1. The first-order valence-corrected chi connectivity index (χ1v) is 4.68. The standard InChI is InChI=1S/C9H14ClN3O/c1-12(2)3-4-13-6-7(11)5-8(10)9(13)14/h5-6H,3-4,11H2,1-2H3. The van der Waals surface area contributed by atoms with Gasteiger partial charge in [0.05, 0.1) is 0 Å². The maximum atomic E-state index is 11.5. The van der Waals surface area contributed by atoms with Crippen LogP contribution in [0.15, 0.2) is 17.1 Å². The Kier molecular flexibility index (Phi) is 3.55. The molecule has 0 saturated heterocycles. The first-order chi connectivity index (χ1) is 6.50. The van der Waals surface area contributed by atoms with Crippen LogP contribution in [0.2, 0.25) is 5.02 Å². The molecule has 1 rings (SSSR count). The third-order valence-corrected chi connectivity index (χ3v) is 2.12. The molecule has 5 heteroatoms. The van der Waals surface area contributed by atoms with Crippen molar-refractivity contribution in [2.75, 3.05) is 26.4 Å². The fourth-order valence-electron chi connectivity index (χ4n) is 1.09. The van der Waals surface area contributed by atoms with Crippen LogP contribution in [-0.2, 0) is 6.54 Å². The van der Waals surface area contributed by atoms with Crippen LogP contribution in [-0.4, -0.2) is 30.1 Å². The van der Waals surface area contributed by atoms with Crippen LogP contribution >= 0.6 is 11.6 Å². The number of hydrogen-bond donors (Lipinski definition) is 1. The highest BCUT2D eigenvalue weighted by atomic mass is 35.5. The Morgan fingerprint density at radius 3 is 2.79 bits per heavy atom. The molecule has 0 aromatic carbocycles. The molecule has 4 nitrogen and oxygen atoms in total. The van der Waals surface area contributed by atoms with Crippen molar-refractivity contribution in [2.24, 2.45) is 0 Å². The van der Waals surface area contributed by atoms with Crippen LogP contribution < -0.4 is 11.3 Å². The molecule has 0 spiro atoms. The maximum Gasteiger partial charge on any atom is 0.269 e. The zero-order valence-electron chi connectivity index (χ0n) is 8.33. The third-order valence-electron chi connectivity index (χ3n) is 1.85. The Morgan fingerprint density at radius 1 is 1.57 bits per heavy atom. The molecule has 0 saturated carbocycles. The van der Waals surface area contributed by atoms with Crippen LogP contribution in [0.25, 0.3) is 0 Å². The molecular weight excluding hydrogens is 202 g/mol. The fraction of sp³-hybridized carbons (Fsp3) is 0.444. The minimum Gasteiger partial charge on any atom is -0.397 e. The first kappa shape index (κ1) is 11.1. The number of halogens is 1. The summed E-state index contributed by atoms with van der Waals surface area (Å²) in [4.78, 5) is 13.5. The molecule has 14 heavy (non-hydrogen) atoms. The van der Waals surface area contributed by atoms with E-state index in [0.29, 0.717) is 12.2 Å². The van der Waals surface area contributed by atoms with Crippen molar-refractivity contribution < 1.29 is 0 Å². The highest BCUT2D eigenvalue weighted by molar-refractivity contribution is 6.30. The summed E-state index contributed by atoms with van der Waals surface area (Å²) in [6, 6.07) is 1.47. The third kappa shape index (κ3) is 2.75. The number of aromatic nitrogens is 1. The summed E-state index contributed by atoms with van der Waals surface area (Å²) in [6.45, 7) is 1.37. The summed E-state index contributed by atoms with van der Waals surface area (Å²) in [5.74, 6) is 0. The largest absolute Gasteiger partial charge is 0.397 e. The molecule has 0 amide bonds. The predicted octanol–water partition coefficient (Wildman–Crippen LogP) is 0.645. The van der Waals surface area contributed by atoms with E-state index in [1.54, 1.807) is 6.20 Å². The molecule has 78 valence electrons. The summed E-state index contributed by atoms with van der Waals surface area (Å²) < 4.78 is 1.53. The van der Waals surface area contributed by atoms with Crippen molar-refractivity contribution in [1.82, 2.24) is 9.47 Å². The van der Waals surface area contributed by atoms with Crippen molar-refractivity contribution in [2.45, 2.75) is 6.54 Å². The number of nitrogens with zero attached hydrogens (tertiary/aromatic N) is 2. The lowest BCUT2D eigenvalue weighted by Gasteiger charge is -2.11. The minimum absolute atomic E-state index is 0.170. The zero-order valence-corrected chi connectivity index (χ0v) is 9.08.